The standard InChI is InChI=1S/C21H21ClN2O5S/c1-24(14-16-12-17(22)7-10-20(16)28-2)21(25)15-5-8-19(9-6-15)30(26,27)23-13-18-4-3-11-29-18/h3-12,23H,13-14H2,1-2H3. The summed E-state index contributed by atoms with van der Waals surface area (Å²) < 4.78 is 37.7. The van der Waals surface area contributed by atoms with Crippen LogP contribution < -0.4 is 9.46 Å². The van der Waals surface area contributed by atoms with E-state index in [-0.39, 0.29) is 23.9 Å². The molecule has 0 atom stereocenters. The Morgan fingerprint density at radius 2 is 1.90 bits per heavy atom. The number of nitrogens with one attached hydrogen (secondary N) is 1. The summed E-state index contributed by atoms with van der Waals surface area (Å²) in [4.78, 5) is 14.3. The van der Waals surface area contributed by atoms with Crippen LogP contribution in [0.1, 0.15) is 21.7 Å². The maximum absolute atomic E-state index is 12.8. The molecule has 0 saturated heterocycles. The molecule has 1 heterocycles. The van der Waals surface area contributed by atoms with Crippen molar-refractivity contribution in [2.45, 2.75) is 18.0 Å². The minimum atomic E-state index is -3.73. The van der Waals surface area contributed by atoms with Gasteiger partial charge in [-0.2, -0.15) is 0 Å². The lowest BCUT2D eigenvalue weighted by molar-refractivity contribution is 0.0784. The lowest BCUT2D eigenvalue weighted by Gasteiger charge is -2.19. The predicted octanol–water partition coefficient (Wildman–Crippen LogP) is 3.69. The second-order valence-corrected chi connectivity index (χ2v) is 8.75. The molecule has 158 valence electrons. The molecule has 1 N–H and O–H groups in total. The molecule has 0 aliphatic rings. The van der Waals surface area contributed by atoms with Crippen LogP contribution in [0, 0.1) is 0 Å². The highest BCUT2D eigenvalue weighted by molar-refractivity contribution is 7.89. The summed E-state index contributed by atoms with van der Waals surface area (Å²) >= 11 is 6.04. The Morgan fingerprint density at radius 3 is 2.53 bits per heavy atom. The second kappa shape index (κ2) is 9.34. The van der Waals surface area contributed by atoms with Crippen LogP contribution in [0.4, 0.5) is 0 Å². The average molecular weight is 449 g/mol. The van der Waals surface area contributed by atoms with Crippen LogP contribution in [0.3, 0.4) is 0 Å². The first kappa shape index (κ1) is 21.9. The number of furan rings is 1. The molecular formula is C21H21ClN2O5S. The molecule has 0 aliphatic heterocycles. The van der Waals surface area contributed by atoms with Gasteiger partial charge in [0.2, 0.25) is 10.0 Å². The van der Waals surface area contributed by atoms with Gasteiger partial charge < -0.3 is 14.1 Å². The number of nitrogens with zero attached hydrogens (tertiary/aromatic N) is 1. The van der Waals surface area contributed by atoms with Crippen molar-refractivity contribution in [3.63, 3.8) is 0 Å². The average Bonchev–Trinajstić information content (AvgIpc) is 3.26. The number of hydrogen-bond donors (Lipinski definition) is 1. The lowest BCUT2D eigenvalue weighted by atomic mass is 10.1. The Morgan fingerprint density at radius 1 is 1.17 bits per heavy atom. The van der Waals surface area contributed by atoms with Gasteiger partial charge in [-0.3, -0.25) is 4.79 Å². The number of rotatable bonds is 8. The van der Waals surface area contributed by atoms with Crippen LogP contribution in [0.5, 0.6) is 5.75 Å². The molecular weight excluding hydrogens is 428 g/mol. The van der Waals surface area contributed by atoms with Crippen molar-refractivity contribution < 1.29 is 22.4 Å². The van der Waals surface area contributed by atoms with Crippen LogP contribution in [0.2, 0.25) is 5.02 Å². The maximum Gasteiger partial charge on any atom is 0.253 e. The van der Waals surface area contributed by atoms with Crippen molar-refractivity contribution in [1.82, 2.24) is 9.62 Å². The first-order valence-corrected chi connectivity index (χ1v) is 10.9. The predicted molar refractivity (Wildman–Crippen MR) is 113 cm³/mol. The van der Waals surface area contributed by atoms with Gasteiger partial charge in [0.25, 0.3) is 5.91 Å². The Balaban J connectivity index is 1.69. The number of hydrogen-bond acceptors (Lipinski definition) is 5. The molecule has 0 fully saturated rings. The van der Waals surface area contributed by atoms with E-state index in [2.05, 4.69) is 4.72 Å². The number of sulfonamides is 1. The molecule has 0 unspecified atom stereocenters. The molecule has 7 nitrogen and oxygen atoms in total. The van der Waals surface area contributed by atoms with E-state index in [0.717, 1.165) is 5.56 Å². The van der Waals surface area contributed by atoms with E-state index in [9.17, 15) is 13.2 Å². The SMILES string of the molecule is COc1ccc(Cl)cc1CN(C)C(=O)c1ccc(S(=O)(=O)NCc2ccco2)cc1. The summed E-state index contributed by atoms with van der Waals surface area (Å²) in [6.45, 7) is 0.327. The zero-order valence-corrected chi connectivity index (χ0v) is 18.0. The number of carbonyl (C=O) groups excluding carboxylic acids is 1. The lowest BCUT2D eigenvalue weighted by Crippen LogP contribution is -2.27. The molecule has 3 rings (SSSR count). The molecule has 1 aromatic heterocycles. The molecule has 3 aromatic rings. The summed E-state index contributed by atoms with van der Waals surface area (Å²) in [5, 5.41) is 0.545. The minimum Gasteiger partial charge on any atom is -0.496 e. The smallest absolute Gasteiger partial charge is 0.253 e. The Kier molecular flexibility index (Phi) is 6.81. The summed E-state index contributed by atoms with van der Waals surface area (Å²) in [5.74, 6) is 0.871. The number of halogens is 1. The summed E-state index contributed by atoms with van der Waals surface area (Å²) in [7, 11) is -0.527. The highest BCUT2D eigenvalue weighted by Gasteiger charge is 2.18. The molecule has 0 aliphatic carbocycles. The third-order valence-electron chi connectivity index (χ3n) is 4.42. The van der Waals surface area contributed by atoms with Crippen molar-refractivity contribution in [2.24, 2.45) is 0 Å². The molecule has 0 bridgehead atoms. The van der Waals surface area contributed by atoms with E-state index in [0.29, 0.717) is 22.1 Å². The van der Waals surface area contributed by atoms with Crippen LogP contribution in [-0.4, -0.2) is 33.4 Å². The van der Waals surface area contributed by atoms with Gasteiger partial charge in [0.15, 0.2) is 0 Å². The minimum absolute atomic E-state index is 0.0419. The van der Waals surface area contributed by atoms with Gasteiger partial charge in [-0.25, -0.2) is 13.1 Å². The monoisotopic (exact) mass is 448 g/mol. The zero-order valence-electron chi connectivity index (χ0n) is 16.5. The normalized spacial score (nSPS) is 11.3. The fraction of sp³-hybridized carbons (Fsp3) is 0.190. The van der Waals surface area contributed by atoms with Crippen LogP contribution in [-0.2, 0) is 23.1 Å². The molecule has 0 saturated carbocycles. The number of carbonyl (C=O) groups is 1. The zero-order chi connectivity index (χ0) is 21.7. The van der Waals surface area contributed by atoms with Gasteiger partial charge in [0, 0.05) is 29.7 Å². The number of methoxy groups -OCH3 is 1. The highest BCUT2D eigenvalue weighted by atomic mass is 35.5. The number of benzene rings is 2. The quantitative estimate of drug-likeness (QED) is 0.567. The van der Waals surface area contributed by atoms with Crippen molar-refractivity contribution in [3.8, 4) is 5.75 Å². The molecule has 1 amide bonds. The Hall–Kier alpha value is -2.81. The molecule has 30 heavy (non-hydrogen) atoms. The van der Waals surface area contributed by atoms with Crippen LogP contribution in [0.25, 0.3) is 0 Å². The number of amides is 1. The topological polar surface area (TPSA) is 88.8 Å². The fourth-order valence-electron chi connectivity index (χ4n) is 2.86. The van der Waals surface area contributed by atoms with Gasteiger partial charge >= 0.3 is 0 Å². The largest absolute Gasteiger partial charge is 0.496 e. The van der Waals surface area contributed by atoms with E-state index in [1.165, 1.54) is 35.4 Å². The van der Waals surface area contributed by atoms with E-state index in [4.69, 9.17) is 20.8 Å². The highest BCUT2D eigenvalue weighted by Crippen LogP contribution is 2.24. The van der Waals surface area contributed by atoms with E-state index in [1.807, 2.05) is 0 Å². The third kappa shape index (κ3) is 5.21. The summed E-state index contributed by atoms with van der Waals surface area (Å²) in [6, 6.07) is 14.3. The van der Waals surface area contributed by atoms with Crippen LogP contribution in [0.15, 0.2) is 70.2 Å². The second-order valence-electron chi connectivity index (χ2n) is 6.55. The van der Waals surface area contributed by atoms with E-state index >= 15 is 0 Å². The van der Waals surface area contributed by atoms with Crippen molar-refractivity contribution in [1.29, 1.82) is 0 Å². The Bertz CT molecular complexity index is 1110. The number of ether oxygens (including phenoxy) is 1. The maximum atomic E-state index is 12.8. The Labute approximate surface area is 180 Å². The first-order chi connectivity index (χ1) is 14.3. The van der Waals surface area contributed by atoms with Gasteiger partial charge in [-0.15, -0.1) is 0 Å². The van der Waals surface area contributed by atoms with Crippen molar-refractivity contribution in [3.05, 3.63) is 82.8 Å². The van der Waals surface area contributed by atoms with E-state index < -0.39 is 10.0 Å². The van der Waals surface area contributed by atoms with Crippen molar-refractivity contribution in [2.75, 3.05) is 14.2 Å². The molecule has 9 heteroatoms. The summed E-state index contributed by atoms with van der Waals surface area (Å²) in [6.07, 6.45) is 1.47. The van der Waals surface area contributed by atoms with Gasteiger partial charge in [0.05, 0.1) is 24.8 Å². The summed E-state index contributed by atoms with van der Waals surface area (Å²) in [5.41, 5.74) is 1.13. The van der Waals surface area contributed by atoms with Gasteiger partial charge in [-0.05, 0) is 54.6 Å². The van der Waals surface area contributed by atoms with Gasteiger partial charge in [0.1, 0.15) is 11.5 Å². The third-order valence-corrected chi connectivity index (χ3v) is 6.08. The van der Waals surface area contributed by atoms with Crippen LogP contribution >= 0.6 is 11.6 Å². The molecule has 0 radical (unpaired) electrons. The van der Waals surface area contributed by atoms with Gasteiger partial charge in [-0.1, -0.05) is 11.6 Å². The fourth-order valence-corrected chi connectivity index (χ4v) is 4.05. The first-order valence-electron chi connectivity index (χ1n) is 9.00. The van der Waals surface area contributed by atoms with Crippen molar-refractivity contribution >= 4 is 27.5 Å². The molecule has 2 aromatic carbocycles. The van der Waals surface area contributed by atoms with E-state index in [1.54, 1.807) is 44.5 Å². The molecule has 0 spiro atoms.